The molecule has 4 atom stereocenters. The van der Waals surface area contributed by atoms with E-state index in [1.807, 2.05) is 55.4 Å². The number of esters is 4. The molecular weight excluding hydrogens is 809 g/mol. The molecule has 0 heterocycles. The largest absolute Gasteiger partial charge is 2.00 e. The van der Waals surface area contributed by atoms with Gasteiger partial charge < -0.3 is 28.1 Å². The molecule has 0 amide bonds. The summed E-state index contributed by atoms with van der Waals surface area (Å²) in [4.78, 5) is 47.1. The van der Waals surface area contributed by atoms with Gasteiger partial charge in [-0.2, -0.15) is 0 Å². The first-order valence-electron chi connectivity index (χ1n) is 19.1. The molecule has 2 aromatic rings. The van der Waals surface area contributed by atoms with E-state index in [0.717, 1.165) is 49.9 Å². The molecule has 0 fully saturated rings. The maximum absolute atomic E-state index is 12.2. The first-order chi connectivity index (χ1) is 26.2. The average Bonchev–Trinajstić information content (AvgIpc) is 3.16. The molecule has 0 N–H and O–H groups in total. The number of ether oxygens (including phenoxy) is 4. The predicted octanol–water partition coefficient (Wildman–Crippen LogP) is 7.17. The van der Waals surface area contributed by atoms with Crippen LogP contribution >= 0.6 is 0 Å². The molecule has 0 saturated heterocycles. The van der Waals surface area contributed by atoms with Crippen LogP contribution in [0.4, 0.5) is 0 Å². The van der Waals surface area contributed by atoms with Crippen LogP contribution in [0.2, 0.25) is 0 Å². The summed E-state index contributed by atoms with van der Waals surface area (Å²) >= 11 is 0. The van der Waals surface area contributed by atoms with Crippen molar-refractivity contribution >= 4 is 81.9 Å². The van der Waals surface area contributed by atoms with Gasteiger partial charge in [0.25, 0.3) is 0 Å². The standard InChI is InChI=1S/2C20H30O7S.Ca/c2*1-5-14(3)9-11-26-19(21)16-7-8-17(18(13-16)28(23,24)25)20(22)27-12-10-15(4)6-2;/h2*7-8,13-15H,5-6,9-12H2,1-4H3,(H,23,24,25);/q;;+2/p-2. The predicted molar refractivity (Wildman–Crippen MR) is 212 cm³/mol. The Labute approximate surface area is 368 Å². The molecule has 0 bridgehead atoms. The fraction of sp³-hybridized carbons (Fsp3) is 0.600. The van der Waals surface area contributed by atoms with Crippen LogP contribution in [0.25, 0.3) is 0 Å². The van der Waals surface area contributed by atoms with Crippen LogP contribution in [0.15, 0.2) is 46.2 Å². The third-order valence-corrected chi connectivity index (χ3v) is 11.3. The van der Waals surface area contributed by atoms with Gasteiger partial charge in [0.15, 0.2) is 0 Å². The summed E-state index contributed by atoms with van der Waals surface area (Å²) in [5, 5.41) is 0. The SMILES string of the molecule is CCC(C)CCOC(=O)c1ccc(C(=O)OCCC(C)CC)c(S(=O)(=O)[O-])c1.CCC(C)CCOC(=O)c1ccc(C(=O)OCCC(C)CC)c(S(=O)(=O)[O-])c1.[Ca+2]. The molecule has 0 aliphatic rings. The van der Waals surface area contributed by atoms with E-state index in [0.29, 0.717) is 49.4 Å². The van der Waals surface area contributed by atoms with Crippen molar-refractivity contribution in [2.24, 2.45) is 23.7 Å². The zero-order valence-electron chi connectivity index (χ0n) is 34.5. The molecule has 17 heteroatoms. The summed E-state index contributed by atoms with van der Waals surface area (Å²) < 4.78 is 89.9. The molecule has 0 radical (unpaired) electrons. The van der Waals surface area contributed by atoms with Crippen molar-refractivity contribution in [1.82, 2.24) is 0 Å². The van der Waals surface area contributed by atoms with Gasteiger partial charge >= 0.3 is 61.6 Å². The van der Waals surface area contributed by atoms with E-state index in [4.69, 9.17) is 18.9 Å². The molecule has 2 aromatic carbocycles. The van der Waals surface area contributed by atoms with Crippen LogP contribution < -0.4 is 0 Å². The summed E-state index contributed by atoms with van der Waals surface area (Å²) in [6.45, 7) is 16.7. The topological polar surface area (TPSA) is 220 Å². The monoisotopic (exact) mass is 866 g/mol. The molecule has 14 nitrogen and oxygen atoms in total. The first kappa shape index (κ1) is 54.4. The van der Waals surface area contributed by atoms with E-state index in [1.54, 1.807) is 0 Å². The van der Waals surface area contributed by atoms with Gasteiger partial charge in [-0.05, 0) is 85.8 Å². The minimum absolute atomic E-state index is 0. The van der Waals surface area contributed by atoms with Gasteiger partial charge in [-0.1, -0.05) is 81.1 Å². The molecule has 0 aromatic heterocycles. The molecule has 0 aliphatic carbocycles. The van der Waals surface area contributed by atoms with Crippen molar-refractivity contribution in [3.05, 3.63) is 58.7 Å². The Morgan fingerprint density at radius 2 is 0.737 bits per heavy atom. The molecule has 4 unspecified atom stereocenters. The van der Waals surface area contributed by atoms with Crippen LogP contribution in [0.5, 0.6) is 0 Å². The second-order valence-corrected chi connectivity index (χ2v) is 16.8. The number of hydrogen-bond acceptors (Lipinski definition) is 14. The van der Waals surface area contributed by atoms with E-state index in [1.165, 1.54) is 12.1 Å². The van der Waals surface area contributed by atoms with Gasteiger partial charge in [0.1, 0.15) is 20.2 Å². The minimum Gasteiger partial charge on any atom is -0.744 e. The number of benzene rings is 2. The normalized spacial score (nSPS) is 13.4. The van der Waals surface area contributed by atoms with Gasteiger partial charge in [0.2, 0.25) is 0 Å². The second kappa shape index (κ2) is 27.2. The van der Waals surface area contributed by atoms with Crippen molar-refractivity contribution < 1.29 is 64.1 Å². The van der Waals surface area contributed by atoms with Crippen molar-refractivity contribution in [1.29, 1.82) is 0 Å². The zero-order valence-corrected chi connectivity index (χ0v) is 38.3. The quantitative estimate of drug-likeness (QED) is 0.0496. The number of hydrogen-bond donors (Lipinski definition) is 0. The number of rotatable bonds is 22. The molecule has 0 saturated carbocycles. The summed E-state index contributed by atoms with van der Waals surface area (Å²) in [5.74, 6) is -1.83. The molecular formula is C40H58CaO14S2. The van der Waals surface area contributed by atoms with Gasteiger partial charge in [-0.15, -0.1) is 0 Å². The molecule has 0 spiro atoms. The van der Waals surface area contributed by atoms with Crippen LogP contribution in [-0.2, 0) is 39.2 Å². The van der Waals surface area contributed by atoms with Crippen LogP contribution in [0.1, 0.15) is 148 Å². The van der Waals surface area contributed by atoms with Gasteiger partial charge in [0.05, 0.1) is 58.5 Å². The Hall–Kier alpha value is -2.60. The van der Waals surface area contributed by atoms with E-state index in [-0.39, 0.29) is 86.4 Å². The Bertz CT molecular complexity index is 1680. The van der Waals surface area contributed by atoms with Crippen molar-refractivity contribution in [2.75, 3.05) is 26.4 Å². The van der Waals surface area contributed by atoms with Crippen LogP contribution in [-0.4, -0.2) is 114 Å². The summed E-state index contributed by atoms with van der Waals surface area (Å²) in [6.07, 6.45) is 6.35. The van der Waals surface area contributed by atoms with E-state index in [2.05, 4.69) is 0 Å². The van der Waals surface area contributed by atoms with Crippen molar-refractivity contribution in [3.63, 3.8) is 0 Å². The maximum atomic E-state index is 12.2. The van der Waals surface area contributed by atoms with Crippen molar-refractivity contribution in [3.8, 4) is 0 Å². The summed E-state index contributed by atoms with van der Waals surface area (Å²) in [7, 11) is -9.95. The summed E-state index contributed by atoms with van der Waals surface area (Å²) in [6, 6.07) is 6.48. The Balaban J connectivity index is 0.00000108. The molecule has 57 heavy (non-hydrogen) atoms. The second-order valence-electron chi connectivity index (χ2n) is 14.1. The summed E-state index contributed by atoms with van der Waals surface area (Å²) in [5.41, 5.74) is -0.963. The van der Waals surface area contributed by atoms with E-state index >= 15 is 0 Å². The maximum Gasteiger partial charge on any atom is 2.00 e. The van der Waals surface area contributed by atoms with Gasteiger partial charge in [-0.3, -0.25) is 0 Å². The average molecular weight is 867 g/mol. The smallest absolute Gasteiger partial charge is 0.744 e. The fourth-order valence-corrected chi connectivity index (χ4v) is 5.98. The minimum atomic E-state index is -4.98. The Morgan fingerprint density at radius 3 is 0.965 bits per heavy atom. The number of carbonyl (C=O) groups is 4. The molecule has 0 aliphatic heterocycles. The van der Waals surface area contributed by atoms with Crippen molar-refractivity contribution in [2.45, 2.75) is 117 Å². The van der Waals surface area contributed by atoms with Gasteiger partial charge in [-0.25, -0.2) is 36.0 Å². The fourth-order valence-electron chi connectivity index (χ4n) is 4.60. The first-order valence-corrected chi connectivity index (χ1v) is 21.9. The Morgan fingerprint density at radius 1 is 0.491 bits per heavy atom. The van der Waals surface area contributed by atoms with E-state index in [9.17, 15) is 45.1 Å². The van der Waals surface area contributed by atoms with Crippen LogP contribution in [0.3, 0.4) is 0 Å². The Kier molecular flexibility index (Phi) is 26.0. The molecule has 2 rings (SSSR count). The third-order valence-electron chi connectivity index (χ3n) is 9.58. The van der Waals surface area contributed by atoms with E-state index < -0.39 is 53.9 Å². The number of carbonyl (C=O) groups excluding carboxylic acids is 4. The van der Waals surface area contributed by atoms with Crippen LogP contribution in [0, 0.1) is 23.7 Å². The molecule has 316 valence electrons. The zero-order chi connectivity index (χ0) is 42.6. The third kappa shape index (κ3) is 20.3. The van der Waals surface area contributed by atoms with Gasteiger partial charge in [0, 0.05) is 0 Å².